The van der Waals surface area contributed by atoms with E-state index in [1.807, 2.05) is 6.92 Å². The third kappa shape index (κ3) is 0.618. The summed E-state index contributed by atoms with van der Waals surface area (Å²) in [6, 6.07) is 0. The van der Waals surface area contributed by atoms with E-state index < -0.39 is 0 Å². The van der Waals surface area contributed by atoms with Crippen molar-refractivity contribution in [3.05, 3.63) is 12.2 Å². The molecule has 0 N–H and O–H groups in total. The number of hydrogen-bond acceptors (Lipinski definition) is 2. The molecule has 0 amide bonds. The summed E-state index contributed by atoms with van der Waals surface area (Å²) in [5.74, 6) is 0.426. The standard InChI is InChI=1S/C8H10O2/c1-5-6-3-2-4-7(6)10-8(5)9/h2-3,5-7H,4H2,1H3/t5?,6-,7-/m1/s1. The lowest BCUT2D eigenvalue weighted by atomic mass is 9.95. The second-order valence-electron chi connectivity index (χ2n) is 3.01. The van der Waals surface area contributed by atoms with Crippen LogP contribution >= 0.6 is 0 Å². The number of ether oxygens (including phenoxy) is 1. The average molecular weight is 138 g/mol. The molecule has 1 fully saturated rings. The number of fused-ring (bicyclic) bond motifs is 1. The van der Waals surface area contributed by atoms with Gasteiger partial charge in [0.1, 0.15) is 6.10 Å². The molecule has 1 unspecified atom stereocenters. The summed E-state index contributed by atoms with van der Waals surface area (Å²) in [4.78, 5) is 10.9. The fourth-order valence-corrected chi connectivity index (χ4v) is 1.68. The molecule has 0 spiro atoms. The molecule has 2 aliphatic rings. The number of hydrogen-bond donors (Lipinski definition) is 0. The van der Waals surface area contributed by atoms with Gasteiger partial charge < -0.3 is 4.74 Å². The van der Waals surface area contributed by atoms with Gasteiger partial charge in [0.15, 0.2) is 0 Å². The van der Waals surface area contributed by atoms with Crippen LogP contribution in [0.3, 0.4) is 0 Å². The van der Waals surface area contributed by atoms with E-state index in [1.165, 1.54) is 0 Å². The van der Waals surface area contributed by atoms with Crippen molar-refractivity contribution < 1.29 is 9.53 Å². The van der Waals surface area contributed by atoms with Crippen LogP contribution in [0.5, 0.6) is 0 Å². The summed E-state index contributed by atoms with van der Waals surface area (Å²) >= 11 is 0. The second-order valence-corrected chi connectivity index (χ2v) is 3.01. The molecule has 0 aromatic carbocycles. The Morgan fingerprint density at radius 2 is 2.50 bits per heavy atom. The molecule has 2 heteroatoms. The number of esters is 1. The molecule has 0 aromatic rings. The van der Waals surface area contributed by atoms with E-state index in [1.54, 1.807) is 0 Å². The molecule has 10 heavy (non-hydrogen) atoms. The first-order chi connectivity index (χ1) is 4.79. The second kappa shape index (κ2) is 1.84. The minimum atomic E-state index is -0.0284. The number of carbonyl (C=O) groups is 1. The quantitative estimate of drug-likeness (QED) is 0.370. The van der Waals surface area contributed by atoms with Crippen LogP contribution in [0.2, 0.25) is 0 Å². The van der Waals surface area contributed by atoms with E-state index in [0.29, 0.717) is 5.92 Å². The molecule has 1 aliphatic heterocycles. The molecule has 54 valence electrons. The lowest BCUT2D eigenvalue weighted by Crippen LogP contribution is -2.11. The Morgan fingerprint density at radius 1 is 1.70 bits per heavy atom. The Bertz CT molecular complexity index is 195. The van der Waals surface area contributed by atoms with Crippen LogP contribution in [0, 0.1) is 11.8 Å². The third-order valence-corrected chi connectivity index (χ3v) is 2.37. The first-order valence-electron chi connectivity index (χ1n) is 3.66. The van der Waals surface area contributed by atoms with E-state index in [-0.39, 0.29) is 18.0 Å². The molecule has 3 atom stereocenters. The number of carbonyl (C=O) groups excluding carboxylic acids is 1. The molecule has 0 aromatic heterocycles. The van der Waals surface area contributed by atoms with Gasteiger partial charge in [-0.25, -0.2) is 0 Å². The van der Waals surface area contributed by atoms with Crippen molar-refractivity contribution in [2.75, 3.05) is 0 Å². The van der Waals surface area contributed by atoms with Crippen LogP contribution in [0.1, 0.15) is 13.3 Å². The zero-order chi connectivity index (χ0) is 7.14. The zero-order valence-electron chi connectivity index (χ0n) is 5.91. The highest BCUT2D eigenvalue weighted by Crippen LogP contribution is 2.35. The summed E-state index contributed by atoms with van der Waals surface area (Å²) < 4.78 is 5.10. The van der Waals surface area contributed by atoms with E-state index in [9.17, 15) is 4.79 Å². The molecular formula is C8H10O2. The minimum Gasteiger partial charge on any atom is -0.461 e. The first kappa shape index (κ1) is 5.96. The fraction of sp³-hybridized carbons (Fsp3) is 0.625. The van der Waals surface area contributed by atoms with E-state index in [0.717, 1.165) is 6.42 Å². The maximum Gasteiger partial charge on any atom is 0.309 e. The van der Waals surface area contributed by atoms with Crippen LogP contribution in [-0.2, 0) is 9.53 Å². The highest BCUT2D eigenvalue weighted by molar-refractivity contribution is 5.75. The van der Waals surface area contributed by atoms with Crippen molar-refractivity contribution in [2.45, 2.75) is 19.4 Å². The van der Waals surface area contributed by atoms with Gasteiger partial charge in [0, 0.05) is 12.3 Å². The van der Waals surface area contributed by atoms with Crippen molar-refractivity contribution in [3.8, 4) is 0 Å². The Kier molecular flexibility index (Phi) is 1.10. The molecule has 0 radical (unpaired) electrons. The summed E-state index contributed by atoms with van der Waals surface area (Å²) in [5, 5.41) is 0. The van der Waals surface area contributed by atoms with Gasteiger partial charge in [0.05, 0.1) is 5.92 Å². The maximum absolute atomic E-state index is 10.9. The van der Waals surface area contributed by atoms with Gasteiger partial charge in [0.25, 0.3) is 0 Å². The monoisotopic (exact) mass is 138 g/mol. The van der Waals surface area contributed by atoms with Crippen molar-refractivity contribution >= 4 is 5.97 Å². The van der Waals surface area contributed by atoms with E-state index in [2.05, 4.69) is 12.2 Å². The van der Waals surface area contributed by atoms with Crippen LogP contribution in [0.25, 0.3) is 0 Å². The van der Waals surface area contributed by atoms with Gasteiger partial charge in [-0.2, -0.15) is 0 Å². The third-order valence-electron chi connectivity index (χ3n) is 2.37. The molecule has 0 bridgehead atoms. The van der Waals surface area contributed by atoms with Crippen molar-refractivity contribution in [3.63, 3.8) is 0 Å². The first-order valence-corrected chi connectivity index (χ1v) is 3.66. The van der Waals surface area contributed by atoms with Crippen LogP contribution in [0.4, 0.5) is 0 Å². The molecule has 1 heterocycles. The summed E-state index contributed by atoms with van der Waals surface area (Å²) in [7, 11) is 0. The van der Waals surface area contributed by atoms with Crippen molar-refractivity contribution in [1.29, 1.82) is 0 Å². The maximum atomic E-state index is 10.9. The van der Waals surface area contributed by atoms with Gasteiger partial charge in [-0.1, -0.05) is 19.1 Å². The summed E-state index contributed by atoms with van der Waals surface area (Å²) in [6.45, 7) is 1.93. The lowest BCUT2D eigenvalue weighted by molar-refractivity contribution is -0.143. The Hall–Kier alpha value is -0.790. The Labute approximate surface area is 59.9 Å². The zero-order valence-corrected chi connectivity index (χ0v) is 5.91. The van der Waals surface area contributed by atoms with Crippen LogP contribution in [0.15, 0.2) is 12.2 Å². The smallest absolute Gasteiger partial charge is 0.309 e. The highest BCUT2D eigenvalue weighted by atomic mass is 16.6. The summed E-state index contributed by atoms with van der Waals surface area (Å²) in [5.41, 5.74) is 0. The molecule has 1 saturated heterocycles. The topological polar surface area (TPSA) is 26.3 Å². The largest absolute Gasteiger partial charge is 0.461 e. The van der Waals surface area contributed by atoms with Crippen LogP contribution < -0.4 is 0 Å². The van der Waals surface area contributed by atoms with Crippen molar-refractivity contribution in [1.82, 2.24) is 0 Å². The SMILES string of the molecule is CC1C(=O)O[C@@H]2CC=C[C@H]12. The molecule has 2 nitrogen and oxygen atoms in total. The molecular weight excluding hydrogens is 128 g/mol. The minimum absolute atomic E-state index is 0.0284. The Morgan fingerprint density at radius 3 is 3.20 bits per heavy atom. The number of rotatable bonds is 0. The predicted octanol–water partition coefficient (Wildman–Crippen LogP) is 1.12. The fourth-order valence-electron chi connectivity index (χ4n) is 1.68. The van der Waals surface area contributed by atoms with Gasteiger partial charge in [-0.3, -0.25) is 4.79 Å². The van der Waals surface area contributed by atoms with E-state index in [4.69, 9.17) is 4.74 Å². The van der Waals surface area contributed by atoms with Gasteiger partial charge in [0.2, 0.25) is 0 Å². The Balaban J connectivity index is 2.23. The highest BCUT2D eigenvalue weighted by Gasteiger charge is 2.41. The normalized spacial score (nSPS) is 43.7. The average Bonchev–Trinajstić information content (AvgIpc) is 2.41. The summed E-state index contributed by atoms with van der Waals surface area (Å²) in [6.07, 6.45) is 5.28. The predicted molar refractivity (Wildman–Crippen MR) is 36.3 cm³/mol. The molecule has 0 saturated carbocycles. The van der Waals surface area contributed by atoms with Gasteiger partial charge in [-0.05, 0) is 0 Å². The van der Waals surface area contributed by atoms with Crippen LogP contribution in [-0.4, -0.2) is 12.1 Å². The van der Waals surface area contributed by atoms with Gasteiger partial charge in [-0.15, -0.1) is 0 Å². The van der Waals surface area contributed by atoms with Crippen molar-refractivity contribution in [2.24, 2.45) is 11.8 Å². The molecule has 2 rings (SSSR count). The lowest BCUT2D eigenvalue weighted by Gasteiger charge is -2.05. The van der Waals surface area contributed by atoms with Gasteiger partial charge >= 0.3 is 5.97 Å². The molecule has 1 aliphatic carbocycles. The van der Waals surface area contributed by atoms with E-state index >= 15 is 0 Å².